The zero-order chi connectivity index (χ0) is 8.43. The molecule has 1 N–H and O–H groups in total. The number of hydrogen-bond acceptors (Lipinski definition) is 3. The van der Waals surface area contributed by atoms with Crippen molar-refractivity contribution in [2.75, 3.05) is 13.7 Å². The highest BCUT2D eigenvalue weighted by Gasteiger charge is 2.26. The molecule has 1 aliphatic rings. The van der Waals surface area contributed by atoms with E-state index in [1.165, 1.54) is 0 Å². The summed E-state index contributed by atoms with van der Waals surface area (Å²) in [4.78, 5) is 22.9. The van der Waals surface area contributed by atoms with Crippen molar-refractivity contribution >= 4 is 19.7 Å². The highest BCUT2D eigenvalue weighted by atomic mass is 16.2. The van der Waals surface area contributed by atoms with Crippen LogP contribution < -0.4 is 5.32 Å². The van der Waals surface area contributed by atoms with E-state index in [-0.39, 0.29) is 18.0 Å². The van der Waals surface area contributed by atoms with E-state index >= 15 is 0 Å². The van der Waals surface area contributed by atoms with E-state index in [2.05, 4.69) is 5.32 Å². The molecule has 0 aliphatic carbocycles. The Labute approximate surface area is 65.7 Å². The van der Waals surface area contributed by atoms with Crippen LogP contribution in [0.4, 0.5) is 0 Å². The van der Waals surface area contributed by atoms with Crippen molar-refractivity contribution in [1.29, 1.82) is 0 Å². The zero-order valence-corrected chi connectivity index (χ0v) is 6.13. The molecular weight excluding hydrogens is 143 g/mol. The van der Waals surface area contributed by atoms with E-state index in [0.717, 1.165) is 11.0 Å². The van der Waals surface area contributed by atoms with Gasteiger partial charge in [0.15, 0.2) is 0 Å². The van der Waals surface area contributed by atoms with Crippen molar-refractivity contribution in [1.82, 2.24) is 10.2 Å². The average molecular weight is 150 g/mol. The van der Waals surface area contributed by atoms with Crippen LogP contribution in [0.25, 0.3) is 0 Å². The molecule has 1 aliphatic heterocycles. The van der Waals surface area contributed by atoms with Crippen molar-refractivity contribution in [3.05, 3.63) is 11.5 Å². The fourth-order valence-corrected chi connectivity index (χ4v) is 0.836. The SMILES string of the molecule is [B]C1=CC(=O)N(CNC)C1=O. The Morgan fingerprint density at radius 2 is 2.27 bits per heavy atom. The molecule has 2 radical (unpaired) electrons. The van der Waals surface area contributed by atoms with Crippen molar-refractivity contribution in [3.63, 3.8) is 0 Å². The first-order chi connectivity index (χ1) is 5.16. The standard InChI is InChI=1S/C6H7BN2O2/c1-8-3-9-5(10)2-4(7)6(9)11/h2,8H,3H2,1H3. The van der Waals surface area contributed by atoms with Gasteiger partial charge in [-0.05, 0) is 12.5 Å². The Morgan fingerprint density at radius 1 is 1.64 bits per heavy atom. The van der Waals surface area contributed by atoms with Gasteiger partial charge in [-0.25, -0.2) is 0 Å². The summed E-state index contributed by atoms with van der Waals surface area (Å²) in [6, 6.07) is 0. The van der Waals surface area contributed by atoms with Crippen molar-refractivity contribution in [2.24, 2.45) is 0 Å². The minimum Gasteiger partial charge on any atom is -0.302 e. The smallest absolute Gasteiger partial charge is 0.254 e. The van der Waals surface area contributed by atoms with E-state index in [0.29, 0.717) is 0 Å². The molecule has 2 amide bonds. The number of amides is 2. The molecule has 56 valence electrons. The first kappa shape index (κ1) is 8.01. The lowest BCUT2D eigenvalue weighted by Gasteiger charge is -2.12. The fraction of sp³-hybridized carbons (Fsp3) is 0.333. The summed E-state index contributed by atoms with van der Waals surface area (Å²) < 4.78 is 0. The van der Waals surface area contributed by atoms with E-state index in [4.69, 9.17) is 7.85 Å². The van der Waals surface area contributed by atoms with Crippen LogP contribution in [0.1, 0.15) is 0 Å². The lowest BCUT2D eigenvalue weighted by molar-refractivity contribution is -0.137. The second-order valence-electron chi connectivity index (χ2n) is 2.18. The molecule has 0 aromatic heterocycles. The molecule has 0 bridgehead atoms. The number of rotatable bonds is 2. The number of nitrogens with one attached hydrogen (secondary N) is 1. The van der Waals surface area contributed by atoms with E-state index < -0.39 is 5.91 Å². The van der Waals surface area contributed by atoms with Gasteiger partial charge >= 0.3 is 0 Å². The van der Waals surface area contributed by atoms with E-state index in [1.54, 1.807) is 7.05 Å². The summed E-state index contributed by atoms with van der Waals surface area (Å²) in [5.41, 5.74) is 0.00486. The average Bonchev–Trinajstić information content (AvgIpc) is 2.17. The van der Waals surface area contributed by atoms with E-state index in [1.807, 2.05) is 0 Å². The van der Waals surface area contributed by atoms with E-state index in [9.17, 15) is 9.59 Å². The predicted octanol–water partition coefficient (Wildman–Crippen LogP) is -1.42. The highest BCUT2D eigenvalue weighted by molar-refractivity contribution is 6.42. The van der Waals surface area contributed by atoms with Crippen LogP contribution >= 0.6 is 0 Å². The second kappa shape index (κ2) is 2.88. The van der Waals surface area contributed by atoms with Crippen LogP contribution in [0.15, 0.2) is 11.5 Å². The molecule has 1 rings (SSSR count). The number of imide groups is 1. The summed E-state index contributed by atoms with van der Waals surface area (Å²) >= 11 is 0. The van der Waals surface area contributed by atoms with Crippen molar-refractivity contribution in [3.8, 4) is 0 Å². The third-order valence-electron chi connectivity index (χ3n) is 1.35. The monoisotopic (exact) mass is 150 g/mol. The van der Waals surface area contributed by atoms with Gasteiger partial charge in [0.25, 0.3) is 5.91 Å². The normalized spacial score (nSPS) is 17.5. The molecule has 0 unspecified atom stereocenters. The van der Waals surface area contributed by atoms with Gasteiger partial charge in [-0.15, -0.1) is 0 Å². The molecule has 4 nitrogen and oxygen atoms in total. The summed E-state index contributed by atoms with van der Waals surface area (Å²) in [7, 11) is 6.86. The van der Waals surface area contributed by atoms with Gasteiger partial charge in [0.2, 0.25) is 5.91 Å². The lowest BCUT2D eigenvalue weighted by atomic mass is 9.97. The molecule has 5 heteroatoms. The topological polar surface area (TPSA) is 49.4 Å². The molecule has 0 aromatic rings. The fourth-order valence-electron chi connectivity index (χ4n) is 0.836. The molecule has 0 aromatic carbocycles. The van der Waals surface area contributed by atoms with Gasteiger partial charge < -0.3 is 5.32 Å². The van der Waals surface area contributed by atoms with Crippen LogP contribution in [0.3, 0.4) is 0 Å². The maximum atomic E-state index is 11.0. The summed E-state index contributed by atoms with van der Waals surface area (Å²) in [5, 5.41) is 2.69. The van der Waals surface area contributed by atoms with Gasteiger partial charge in [0, 0.05) is 6.08 Å². The Hall–Kier alpha value is -1.10. The maximum absolute atomic E-state index is 11.0. The van der Waals surface area contributed by atoms with Crippen LogP contribution in [-0.2, 0) is 9.59 Å². The Bertz CT molecular complexity index is 237. The first-order valence-corrected chi connectivity index (χ1v) is 3.14. The number of carbonyl (C=O) groups is 2. The molecular formula is C6H7BN2O2. The van der Waals surface area contributed by atoms with Gasteiger partial charge in [0.05, 0.1) is 6.67 Å². The minimum absolute atomic E-state index is 0.00486. The van der Waals surface area contributed by atoms with Gasteiger partial charge in [-0.3, -0.25) is 14.5 Å². The third kappa shape index (κ3) is 1.32. The molecule has 1 heterocycles. The Balaban J connectivity index is 2.73. The zero-order valence-electron chi connectivity index (χ0n) is 6.13. The molecule has 0 fully saturated rings. The first-order valence-electron chi connectivity index (χ1n) is 3.14. The van der Waals surface area contributed by atoms with Gasteiger partial charge in [0.1, 0.15) is 7.85 Å². The van der Waals surface area contributed by atoms with Crippen molar-refractivity contribution < 1.29 is 9.59 Å². The lowest BCUT2D eigenvalue weighted by Crippen LogP contribution is -2.37. The number of carbonyl (C=O) groups excluding carboxylic acids is 2. The predicted molar refractivity (Wildman–Crippen MR) is 39.6 cm³/mol. The van der Waals surface area contributed by atoms with Crippen LogP contribution in [0, 0.1) is 0 Å². The quantitative estimate of drug-likeness (QED) is 0.388. The maximum Gasteiger partial charge on any atom is 0.254 e. The second-order valence-corrected chi connectivity index (χ2v) is 2.18. The number of nitrogens with zero attached hydrogens (tertiary/aromatic N) is 1. The molecule has 11 heavy (non-hydrogen) atoms. The summed E-state index contributed by atoms with van der Waals surface area (Å²) in [6.45, 7) is 0.203. The molecule has 0 atom stereocenters. The van der Waals surface area contributed by atoms with Crippen molar-refractivity contribution in [2.45, 2.75) is 0 Å². The van der Waals surface area contributed by atoms with Gasteiger partial charge in [-0.2, -0.15) is 0 Å². The Morgan fingerprint density at radius 3 is 2.64 bits per heavy atom. The van der Waals surface area contributed by atoms with Crippen LogP contribution in [-0.4, -0.2) is 38.3 Å². The summed E-state index contributed by atoms with van der Waals surface area (Å²) in [5.74, 6) is -0.786. The minimum atomic E-state index is -0.427. The Kier molecular flexibility index (Phi) is 2.09. The molecule has 0 spiro atoms. The number of hydrogen-bond donors (Lipinski definition) is 1. The molecule has 0 saturated carbocycles. The van der Waals surface area contributed by atoms with Crippen LogP contribution in [0.5, 0.6) is 0 Å². The highest BCUT2D eigenvalue weighted by Crippen LogP contribution is 2.07. The molecule has 0 saturated heterocycles. The largest absolute Gasteiger partial charge is 0.302 e. The van der Waals surface area contributed by atoms with Gasteiger partial charge in [-0.1, -0.05) is 0 Å². The van der Waals surface area contributed by atoms with Crippen LogP contribution in [0.2, 0.25) is 0 Å². The third-order valence-corrected chi connectivity index (χ3v) is 1.35. The summed E-state index contributed by atoms with van der Waals surface area (Å²) in [6.07, 6.45) is 1.12.